The first-order valence-electron chi connectivity index (χ1n) is 21.8. The highest BCUT2D eigenvalue weighted by Crippen LogP contribution is 2.38. The Labute approximate surface area is 357 Å². The van der Waals surface area contributed by atoms with Crippen molar-refractivity contribution in [2.45, 2.75) is 122 Å². The predicted octanol–water partition coefficient (Wildman–Crippen LogP) is 6.74. The number of fused-ring (bicyclic) bond motifs is 1. The van der Waals surface area contributed by atoms with Crippen molar-refractivity contribution in [2.75, 3.05) is 25.0 Å². The molecule has 1 aliphatic heterocycles. The van der Waals surface area contributed by atoms with Gasteiger partial charge in [0.1, 0.15) is 0 Å². The highest BCUT2D eigenvalue weighted by molar-refractivity contribution is 7.69. The lowest BCUT2D eigenvalue weighted by Crippen LogP contribution is -2.37. The third-order valence-electron chi connectivity index (χ3n) is 12.5. The van der Waals surface area contributed by atoms with Crippen molar-refractivity contribution in [1.82, 2.24) is 14.2 Å². The zero-order valence-electron chi connectivity index (χ0n) is 35.1. The summed E-state index contributed by atoms with van der Waals surface area (Å²) in [6.07, 6.45) is 11.6. The summed E-state index contributed by atoms with van der Waals surface area (Å²) in [7, 11) is -2.98. The number of allylic oxidation sites excluding steroid dienone is 2. The lowest BCUT2D eigenvalue weighted by Gasteiger charge is -2.24. The van der Waals surface area contributed by atoms with Gasteiger partial charge >= 0.3 is 5.97 Å². The number of carbonyl (C=O) groups is 1. The van der Waals surface area contributed by atoms with E-state index in [1.165, 1.54) is 20.8 Å². The molecule has 0 spiro atoms. The van der Waals surface area contributed by atoms with Crippen molar-refractivity contribution in [3.63, 3.8) is 0 Å². The molecule has 12 heteroatoms. The van der Waals surface area contributed by atoms with Gasteiger partial charge < -0.3 is 25.4 Å². The average molecular weight is 841 g/mol. The Morgan fingerprint density at radius 3 is 2.63 bits per heavy atom. The van der Waals surface area contributed by atoms with Crippen LogP contribution in [0.1, 0.15) is 87.0 Å². The van der Waals surface area contributed by atoms with E-state index >= 15 is 0 Å². The number of aryl methyl sites for hydroxylation is 2. The second kappa shape index (κ2) is 22.6. The molecular formula is C48H64N4O7S. The van der Waals surface area contributed by atoms with Crippen LogP contribution in [-0.2, 0) is 39.8 Å². The number of likely N-dealkylation sites (tertiary alicyclic amines) is 1. The minimum absolute atomic E-state index is 0.0811. The van der Waals surface area contributed by atoms with Gasteiger partial charge in [0.15, 0.2) is 6.23 Å². The first kappa shape index (κ1) is 45.4. The molecule has 324 valence electrons. The van der Waals surface area contributed by atoms with Crippen LogP contribution in [0.2, 0.25) is 0 Å². The van der Waals surface area contributed by atoms with E-state index in [0.717, 1.165) is 54.7 Å². The number of ether oxygens (including phenoxy) is 1. The van der Waals surface area contributed by atoms with E-state index in [1.807, 2.05) is 55.7 Å². The number of aliphatic hydroxyl groups is 3. The number of anilines is 1. The highest BCUT2D eigenvalue weighted by atomic mass is 32.2. The molecule has 4 N–H and O–H groups in total. The first-order chi connectivity index (χ1) is 29.0. The van der Waals surface area contributed by atoms with Crippen molar-refractivity contribution in [3.8, 4) is 0 Å². The molecule has 1 aromatic heterocycles. The van der Waals surface area contributed by atoms with E-state index in [0.29, 0.717) is 57.4 Å². The van der Waals surface area contributed by atoms with Crippen molar-refractivity contribution < 1.29 is 33.3 Å². The number of nitrogens with zero attached hydrogens (tertiary/aromatic N) is 3. The number of carbonyl (C=O) groups excluding carboxylic acids is 1. The van der Waals surface area contributed by atoms with Gasteiger partial charge in [-0.05, 0) is 124 Å². The van der Waals surface area contributed by atoms with Crippen LogP contribution in [0.5, 0.6) is 0 Å². The molecule has 2 aliphatic rings. The number of aliphatic hydroxyl groups excluding tert-OH is 3. The number of nitrogens with one attached hydrogen (secondary N) is 1. The SMILES string of the molecule is Cc1ccc(CN2CC[C@@H](Nc3cccc4cnccc34)C2)cc1CCN(C(C)OC(=O)CCC/C=C\C[C@@H]1[C@@H](CC[C@@H](O)CCc2ccccc2)[C@H](O)C[C@@H]1O)[SH](=O)=O. The topological polar surface area (TPSA) is 153 Å². The Balaban J connectivity index is 0.895. The quantitative estimate of drug-likeness (QED) is 0.0189. The van der Waals surface area contributed by atoms with Gasteiger partial charge in [-0.25, -0.2) is 8.42 Å². The lowest BCUT2D eigenvalue weighted by molar-refractivity contribution is -0.153. The standard InChI is InChI=1S/C48H64N4O7S/c1-34-17-18-37(32-51-27-25-40(33-51)50-45-15-10-13-39-31-49-26-23-42(39)45)29-38(34)24-28-52(60(57)58)35(2)59-48(56)16-9-4-3-8-14-43-44(47(55)30-46(43)54)22-21-41(53)20-19-36-11-6-5-7-12-36/h3,5-8,10-13,15,17-18,23,26,29,31,35,40-41,43-44,46-47,50,53-55,60H,4,9,14,16,19-22,24-25,27-28,30,32-33H2,1-2H3/b8-3-/t35?,40-,41+,43-,44-,46+,47-/m1/s1. The first-order valence-corrected chi connectivity index (χ1v) is 22.9. The number of rotatable bonds is 22. The van der Waals surface area contributed by atoms with Crippen LogP contribution in [0.4, 0.5) is 5.69 Å². The molecule has 7 atom stereocenters. The number of thiol groups is 1. The van der Waals surface area contributed by atoms with E-state index in [2.05, 4.69) is 63.7 Å². The van der Waals surface area contributed by atoms with Crippen molar-refractivity contribution >= 4 is 33.3 Å². The summed E-state index contributed by atoms with van der Waals surface area (Å²) in [6, 6.07) is 25.1. The molecule has 6 rings (SSSR count). The van der Waals surface area contributed by atoms with E-state index < -0.39 is 41.4 Å². The minimum Gasteiger partial charge on any atom is -0.446 e. The van der Waals surface area contributed by atoms with Crippen LogP contribution >= 0.6 is 0 Å². The maximum absolute atomic E-state index is 12.8. The molecule has 60 heavy (non-hydrogen) atoms. The number of unbranched alkanes of at least 4 members (excludes halogenated alkanes) is 1. The normalized spacial score (nSPS) is 21.9. The van der Waals surface area contributed by atoms with Crippen LogP contribution in [0, 0.1) is 18.8 Å². The van der Waals surface area contributed by atoms with Crippen LogP contribution < -0.4 is 5.32 Å². The van der Waals surface area contributed by atoms with Crippen molar-refractivity contribution in [3.05, 3.63) is 120 Å². The number of hydrogen-bond acceptors (Lipinski definition) is 10. The fraction of sp³-hybridized carbons (Fsp3) is 0.500. The molecule has 4 aromatic rings. The van der Waals surface area contributed by atoms with Gasteiger partial charge in [-0.2, -0.15) is 4.31 Å². The van der Waals surface area contributed by atoms with Crippen LogP contribution in [-0.4, -0.2) is 94.1 Å². The zero-order valence-corrected chi connectivity index (χ0v) is 36.0. The Hall–Kier alpha value is -4.17. The largest absolute Gasteiger partial charge is 0.446 e. The van der Waals surface area contributed by atoms with Crippen LogP contribution in [0.25, 0.3) is 10.8 Å². The molecule has 2 fully saturated rings. The fourth-order valence-corrected chi connectivity index (χ4v) is 9.58. The van der Waals surface area contributed by atoms with Crippen LogP contribution in [0.3, 0.4) is 0 Å². The summed E-state index contributed by atoms with van der Waals surface area (Å²) in [5.74, 6) is -0.621. The zero-order chi connectivity index (χ0) is 42.4. The Morgan fingerprint density at radius 2 is 1.82 bits per heavy atom. The summed E-state index contributed by atoms with van der Waals surface area (Å²) < 4.78 is 31.5. The van der Waals surface area contributed by atoms with Gasteiger partial charge in [0.25, 0.3) is 0 Å². The molecule has 0 bridgehead atoms. The van der Waals surface area contributed by atoms with Gasteiger partial charge in [-0.1, -0.05) is 72.8 Å². The average Bonchev–Trinajstić information content (AvgIpc) is 3.79. The van der Waals surface area contributed by atoms with E-state index in [4.69, 9.17) is 4.74 Å². The van der Waals surface area contributed by atoms with Crippen molar-refractivity contribution in [2.24, 2.45) is 11.8 Å². The molecule has 1 unspecified atom stereocenters. The molecule has 0 radical (unpaired) electrons. The third-order valence-corrected chi connectivity index (χ3v) is 13.4. The summed E-state index contributed by atoms with van der Waals surface area (Å²) in [5, 5.41) is 38.0. The molecule has 1 aliphatic carbocycles. The molecule has 0 amide bonds. The van der Waals surface area contributed by atoms with Gasteiger partial charge in [-0.15, -0.1) is 0 Å². The summed E-state index contributed by atoms with van der Waals surface area (Å²) >= 11 is 0. The van der Waals surface area contributed by atoms with E-state index in [9.17, 15) is 28.5 Å². The van der Waals surface area contributed by atoms with E-state index in [-0.39, 0.29) is 24.8 Å². The van der Waals surface area contributed by atoms with Gasteiger partial charge in [0.2, 0.25) is 10.9 Å². The second-order valence-electron chi connectivity index (χ2n) is 16.8. The number of benzene rings is 3. The summed E-state index contributed by atoms with van der Waals surface area (Å²) in [6.45, 7) is 6.54. The number of pyridine rings is 1. The molecule has 3 aromatic carbocycles. The molecular weight excluding hydrogens is 777 g/mol. The summed E-state index contributed by atoms with van der Waals surface area (Å²) in [4.78, 5) is 19.5. The second-order valence-corrected chi connectivity index (χ2v) is 17.8. The Bertz CT molecular complexity index is 2070. The molecule has 1 saturated carbocycles. The maximum atomic E-state index is 12.8. The number of aromatic nitrogens is 1. The predicted molar refractivity (Wildman–Crippen MR) is 238 cm³/mol. The van der Waals surface area contributed by atoms with Gasteiger partial charge in [0.05, 0.1) is 18.3 Å². The number of esters is 1. The molecule has 1 saturated heterocycles. The third kappa shape index (κ3) is 13.2. The highest BCUT2D eigenvalue weighted by Gasteiger charge is 2.40. The number of hydrogen-bond donors (Lipinski definition) is 5. The van der Waals surface area contributed by atoms with E-state index in [1.54, 1.807) is 6.92 Å². The Morgan fingerprint density at radius 1 is 1.00 bits per heavy atom. The lowest BCUT2D eigenvalue weighted by atomic mass is 9.85. The van der Waals surface area contributed by atoms with Crippen LogP contribution in [0.15, 0.2) is 97.3 Å². The monoisotopic (exact) mass is 840 g/mol. The fourth-order valence-electron chi connectivity index (χ4n) is 9.00. The maximum Gasteiger partial charge on any atom is 0.307 e. The minimum atomic E-state index is -2.98. The summed E-state index contributed by atoms with van der Waals surface area (Å²) in [5.41, 5.74) is 5.66. The molecule has 11 nitrogen and oxygen atoms in total. The van der Waals surface area contributed by atoms with Crippen molar-refractivity contribution in [1.29, 1.82) is 0 Å². The smallest absolute Gasteiger partial charge is 0.307 e. The molecule has 2 heterocycles. The Kier molecular flexibility index (Phi) is 17.1. The van der Waals surface area contributed by atoms with Gasteiger partial charge in [-0.3, -0.25) is 14.7 Å². The van der Waals surface area contributed by atoms with Gasteiger partial charge in [0, 0.05) is 67.5 Å².